The van der Waals surface area contributed by atoms with E-state index in [1.54, 1.807) is 62.4 Å². The van der Waals surface area contributed by atoms with Crippen molar-refractivity contribution >= 4 is 29.5 Å². The monoisotopic (exact) mass is 1020 g/mol. The fourth-order valence-electron chi connectivity index (χ4n) is 8.38. The van der Waals surface area contributed by atoms with Crippen LogP contribution in [0.3, 0.4) is 0 Å². The van der Waals surface area contributed by atoms with Gasteiger partial charge in [-0.25, -0.2) is 4.39 Å². The minimum absolute atomic E-state index is 0.0287. The highest BCUT2D eigenvalue weighted by Crippen LogP contribution is 2.39. The molecule has 4 aromatic rings. The Balaban J connectivity index is 0.692. The predicted molar refractivity (Wildman–Crippen MR) is 250 cm³/mol. The molecule has 17 nitrogen and oxygen atoms in total. The van der Waals surface area contributed by atoms with E-state index in [4.69, 9.17) is 43.2 Å². The van der Waals surface area contributed by atoms with E-state index in [-0.39, 0.29) is 67.3 Å². The van der Waals surface area contributed by atoms with Gasteiger partial charge in [0.1, 0.15) is 42.3 Å². The van der Waals surface area contributed by atoms with E-state index in [1.807, 2.05) is 0 Å². The van der Waals surface area contributed by atoms with Gasteiger partial charge in [0.25, 0.3) is 17.7 Å². The Morgan fingerprint density at radius 3 is 1.89 bits per heavy atom. The molecule has 2 unspecified atom stereocenters. The number of nitrogens with zero attached hydrogens (tertiary/aromatic N) is 3. The maximum Gasteiger partial charge on any atom is 0.417 e. The van der Waals surface area contributed by atoms with Crippen molar-refractivity contribution < 1.29 is 79.4 Å². The number of nitriles is 1. The van der Waals surface area contributed by atoms with E-state index >= 15 is 4.39 Å². The summed E-state index contributed by atoms with van der Waals surface area (Å²) >= 11 is 0. The molecule has 1 N–H and O–H groups in total. The van der Waals surface area contributed by atoms with Gasteiger partial charge in [0.2, 0.25) is 11.8 Å². The van der Waals surface area contributed by atoms with Crippen LogP contribution in [-0.4, -0.2) is 137 Å². The summed E-state index contributed by atoms with van der Waals surface area (Å²) in [5.41, 5.74) is -0.726. The Morgan fingerprint density at radius 2 is 1.30 bits per heavy atom. The third-order valence-electron chi connectivity index (χ3n) is 12.0. The van der Waals surface area contributed by atoms with E-state index in [0.717, 1.165) is 16.5 Å². The number of carbonyl (C=O) groups is 5. The Hall–Kier alpha value is -6.96. The number of fused-ring (bicyclic) bond motifs is 1. The molecule has 0 radical (unpaired) electrons. The predicted octanol–water partition coefficient (Wildman–Crippen LogP) is 6.14. The smallest absolute Gasteiger partial charge is 0.417 e. The van der Waals surface area contributed by atoms with Crippen LogP contribution in [0.25, 0.3) is 11.1 Å². The Kier molecular flexibility index (Phi) is 18.2. The van der Waals surface area contributed by atoms with Crippen LogP contribution < -0.4 is 19.5 Å². The second kappa shape index (κ2) is 24.6. The molecule has 2 atom stereocenters. The molecular formula is C52H54F4N4O13. The van der Waals surface area contributed by atoms with E-state index in [1.165, 1.54) is 29.2 Å². The number of nitrogens with one attached hydrogen (secondary N) is 1. The Bertz CT molecular complexity index is 2680. The lowest BCUT2D eigenvalue weighted by atomic mass is 9.89. The standard InChI is InChI=1S/C52H54F4N4O13/c1-51(2)32-59(50(65)46(51)73-38-13-10-35(30-57)40(29-38)52(54,55)56)31-36-7-6-34(28-41(36)53)33-8-11-37(12-9-33)71-26-24-69-22-20-67-18-16-66-17-19-68-21-23-70-25-27-72-43-5-3-4-39-45(43)49(64)60(48(39)63)42-14-15-44(61)58-47(42)62/h3-13,28-29,42,46H,14-27,31-32H2,1-2H3,(H,58,61,62). The lowest BCUT2D eigenvalue weighted by Gasteiger charge is -2.27. The topological polar surface area (TPSA) is 201 Å². The van der Waals surface area contributed by atoms with E-state index in [9.17, 15) is 37.1 Å². The first-order chi connectivity index (χ1) is 35.0. The van der Waals surface area contributed by atoms with Crippen molar-refractivity contribution in [2.75, 3.05) is 85.8 Å². The minimum Gasteiger partial charge on any atom is -0.491 e. The molecule has 3 heterocycles. The maximum absolute atomic E-state index is 15.4. The third-order valence-corrected chi connectivity index (χ3v) is 12.0. The normalized spacial score (nSPS) is 17.5. The molecule has 0 spiro atoms. The number of piperidine rings is 1. The van der Waals surface area contributed by atoms with Crippen LogP contribution >= 0.6 is 0 Å². The van der Waals surface area contributed by atoms with Crippen molar-refractivity contribution in [2.24, 2.45) is 5.41 Å². The molecule has 0 saturated carbocycles. The van der Waals surface area contributed by atoms with E-state index in [2.05, 4.69) is 5.32 Å². The number of amides is 5. The van der Waals surface area contributed by atoms with Gasteiger partial charge in [0.15, 0.2) is 6.10 Å². The van der Waals surface area contributed by atoms with Crippen LogP contribution in [0.5, 0.6) is 17.2 Å². The molecule has 21 heteroatoms. The van der Waals surface area contributed by atoms with Crippen molar-refractivity contribution in [1.82, 2.24) is 15.1 Å². The summed E-state index contributed by atoms with van der Waals surface area (Å²) in [5.74, 6) is -2.82. The van der Waals surface area contributed by atoms with Gasteiger partial charge in [-0.2, -0.15) is 18.4 Å². The zero-order valence-corrected chi connectivity index (χ0v) is 40.1. The van der Waals surface area contributed by atoms with E-state index in [0.29, 0.717) is 83.4 Å². The molecule has 4 aromatic carbocycles. The highest BCUT2D eigenvalue weighted by molar-refractivity contribution is 6.24. The fourth-order valence-corrected chi connectivity index (χ4v) is 8.38. The zero-order valence-electron chi connectivity index (χ0n) is 40.1. The zero-order chi connectivity index (χ0) is 52.1. The molecule has 2 saturated heterocycles. The summed E-state index contributed by atoms with van der Waals surface area (Å²) in [6.45, 7) is 7.29. The fraction of sp³-hybridized carbons (Fsp3) is 0.423. The van der Waals surface area contributed by atoms with Crippen LogP contribution in [-0.2, 0) is 50.8 Å². The molecule has 7 rings (SSSR count). The van der Waals surface area contributed by atoms with Crippen LogP contribution in [0.2, 0.25) is 0 Å². The first kappa shape index (κ1) is 53.8. The SMILES string of the molecule is CC1(C)CN(Cc2ccc(-c3ccc(OCCOCCOCCOCCOCCOCCOc4cccc5c4C(=O)N(C4CCC(=O)NC4=O)C5=O)cc3)cc2F)C(=O)C1Oc1ccc(C#N)c(C(F)(F)F)c1. The molecule has 0 aromatic heterocycles. The molecule has 73 heavy (non-hydrogen) atoms. The van der Waals surface area contributed by atoms with Crippen molar-refractivity contribution in [3.63, 3.8) is 0 Å². The summed E-state index contributed by atoms with van der Waals surface area (Å²) in [5, 5.41) is 11.3. The van der Waals surface area contributed by atoms with Gasteiger partial charge in [0, 0.05) is 30.5 Å². The van der Waals surface area contributed by atoms with Crippen molar-refractivity contribution in [1.29, 1.82) is 5.26 Å². The number of likely N-dealkylation sites (tertiary alicyclic amines) is 1. The number of ether oxygens (including phenoxy) is 8. The number of imide groups is 2. The van der Waals surface area contributed by atoms with Crippen molar-refractivity contribution in [3.05, 3.63) is 112 Å². The second-order valence-electron chi connectivity index (χ2n) is 17.7. The highest BCUT2D eigenvalue weighted by Gasteiger charge is 2.49. The number of benzene rings is 4. The van der Waals surface area contributed by atoms with Crippen LogP contribution in [0.15, 0.2) is 78.9 Å². The molecule has 0 bridgehead atoms. The first-order valence-electron chi connectivity index (χ1n) is 23.5. The second-order valence-corrected chi connectivity index (χ2v) is 17.7. The van der Waals surface area contributed by atoms with Crippen molar-refractivity contribution in [2.45, 2.75) is 51.6 Å². The van der Waals surface area contributed by atoms with Gasteiger partial charge < -0.3 is 42.8 Å². The van der Waals surface area contributed by atoms with Gasteiger partial charge in [-0.15, -0.1) is 0 Å². The molecule has 3 aliphatic rings. The van der Waals surface area contributed by atoms with Crippen molar-refractivity contribution in [3.8, 4) is 34.4 Å². The Labute approximate surface area is 418 Å². The highest BCUT2D eigenvalue weighted by atomic mass is 19.4. The number of hydrogen-bond acceptors (Lipinski definition) is 14. The molecule has 388 valence electrons. The maximum atomic E-state index is 15.4. The summed E-state index contributed by atoms with van der Waals surface area (Å²) in [6, 6.07) is 19.8. The van der Waals surface area contributed by atoms with Gasteiger partial charge >= 0.3 is 6.18 Å². The average Bonchev–Trinajstić information content (AvgIpc) is 3.74. The quantitative estimate of drug-likeness (QED) is 0.0427. The first-order valence-corrected chi connectivity index (χ1v) is 23.5. The molecular weight excluding hydrogens is 965 g/mol. The summed E-state index contributed by atoms with van der Waals surface area (Å²) < 4.78 is 101. The van der Waals surface area contributed by atoms with Crippen LogP contribution in [0.1, 0.15) is 64.1 Å². The number of rotatable bonds is 26. The van der Waals surface area contributed by atoms with Gasteiger partial charge in [-0.1, -0.05) is 44.2 Å². The Morgan fingerprint density at radius 1 is 0.712 bits per heavy atom. The lowest BCUT2D eigenvalue weighted by molar-refractivity contribution is -0.138. The number of halogens is 4. The minimum atomic E-state index is -4.79. The van der Waals surface area contributed by atoms with Gasteiger partial charge in [-0.3, -0.25) is 34.2 Å². The van der Waals surface area contributed by atoms with Crippen LogP contribution in [0, 0.1) is 22.6 Å². The molecule has 0 aliphatic carbocycles. The number of hydrogen-bond donors (Lipinski definition) is 1. The average molecular weight is 1020 g/mol. The number of alkyl halides is 3. The van der Waals surface area contributed by atoms with E-state index < -0.39 is 70.2 Å². The van der Waals surface area contributed by atoms with Gasteiger partial charge in [0.05, 0.1) is 94.4 Å². The third kappa shape index (κ3) is 13.8. The lowest BCUT2D eigenvalue weighted by Crippen LogP contribution is -2.54. The molecule has 5 amide bonds. The summed E-state index contributed by atoms with van der Waals surface area (Å²) in [7, 11) is 0. The molecule has 3 aliphatic heterocycles. The van der Waals surface area contributed by atoms with Gasteiger partial charge in [-0.05, 0) is 66.1 Å². The largest absolute Gasteiger partial charge is 0.491 e. The molecule has 2 fully saturated rings. The van der Waals surface area contributed by atoms with Crippen LogP contribution in [0.4, 0.5) is 17.6 Å². The summed E-state index contributed by atoms with van der Waals surface area (Å²) in [4.78, 5) is 65.8. The summed E-state index contributed by atoms with van der Waals surface area (Å²) in [6.07, 6.45) is -5.83. The number of carbonyl (C=O) groups excluding carboxylic acids is 5.